The fraction of sp³-hybridized carbons (Fsp3) is 0.250. The van der Waals surface area contributed by atoms with Gasteiger partial charge in [-0.2, -0.15) is 0 Å². The number of nitrogens with zero attached hydrogens (tertiary/aromatic N) is 1. The van der Waals surface area contributed by atoms with E-state index in [-0.39, 0.29) is 12.0 Å². The van der Waals surface area contributed by atoms with E-state index in [0.717, 1.165) is 17.1 Å². The van der Waals surface area contributed by atoms with Gasteiger partial charge < -0.3 is 10.1 Å². The lowest BCUT2D eigenvalue weighted by molar-refractivity contribution is 0.143. The predicted molar refractivity (Wildman–Crippen MR) is 118 cm³/mol. The first-order valence-corrected chi connectivity index (χ1v) is 10.6. The Labute approximate surface area is 175 Å². The van der Waals surface area contributed by atoms with Crippen molar-refractivity contribution < 1.29 is 9.53 Å². The van der Waals surface area contributed by atoms with Gasteiger partial charge in [0.1, 0.15) is 11.6 Å². The quantitative estimate of drug-likeness (QED) is 0.536. The molecule has 1 aliphatic carbocycles. The number of hydrogen-bond donors (Lipinski definition) is 1. The van der Waals surface area contributed by atoms with Crippen LogP contribution in [0.4, 0.5) is 4.79 Å². The summed E-state index contributed by atoms with van der Waals surface area (Å²) in [5.74, 6) is 0.0874. The number of aromatic nitrogens is 1. The van der Waals surface area contributed by atoms with Crippen LogP contribution in [0.5, 0.6) is 0 Å². The summed E-state index contributed by atoms with van der Waals surface area (Å²) >= 11 is 1.68. The second-order valence-corrected chi connectivity index (χ2v) is 8.37. The monoisotopic (exact) mass is 404 g/mol. The second-order valence-electron chi connectivity index (χ2n) is 7.14. The van der Waals surface area contributed by atoms with Gasteiger partial charge in [-0.25, -0.2) is 9.78 Å². The van der Waals surface area contributed by atoms with Crippen molar-refractivity contribution in [3.63, 3.8) is 0 Å². The van der Waals surface area contributed by atoms with E-state index < -0.39 is 0 Å². The Bertz CT molecular complexity index is 990. The van der Waals surface area contributed by atoms with Crippen LogP contribution in [0.3, 0.4) is 0 Å². The van der Waals surface area contributed by atoms with Crippen LogP contribution in [-0.2, 0) is 4.74 Å². The molecule has 1 aliphatic rings. The molecule has 29 heavy (non-hydrogen) atoms. The SMILES string of the molecule is Cc1nc(C=CCCNC(=O)OCC2c3ccccc3-c3ccccc32)sc1C. The molecule has 1 heterocycles. The minimum Gasteiger partial charge on any atom is -0.449 e. The summed E-state index contributed by atoms with van der Waals surface area (Å²) in [6, 6.07) is 16.7. The van der Waals surface area contributed by atoms with Crippen LogP contribution in [0.2, 0.25) is 0 Å². The Morgan fingerprint density at radius 3 is 2.38 bits per heavy atom. The number of thiazole rings is 1. The molecular weight excluding hydrogens is 380 g/mol. The standard InChI is InChI=1S/C24H24N2O2S/c1-16-17(2)29-23(26-16)13-7-8-14-25-24(27)28-15-22-20-11-5-3-9-18(20)19-10-4-6-12-21(19)22/h3-7,9-13,22H,8,14-15H2,1-2H3,(H,25,27). The number of carbonyl (C=O) groups excluding carboxylic acids is 1. The van der Waals surface area contributed by atoms with Crippen molar-refractivity contribution in [2.24, 2.45) is 0 Å². The molecule has 0 unspecified atom stereocenters. The molecule has 0 saturated carbocycles. The molecule has 1 aromatic heterocycles. The highest BCUT2D eigenvalue weighted by Crippen LogP contribution is 2.44. The summed E-state index contributed by atoms with van der Waals surface area (Å²) in [5.41, 5.74) is 5.98. The molecule has 0 saturated heterocycles. The van der Waals surface area contributed by atoms with Crippen LogP contribution in [-0.4, -0.2) is 24.2 Å². The molecule has 3 aromatic rings. The Kier molecular flexibility index (Phi) is 5.76. The third-order valence-corrected chi connectivity index (χ3v) is 6.27. The van der Waals surface area contributed by atoms with Gasteiger partial charge in [0, 0.05) is 17.3 Å². The van der Waals surface area contributed by atoms with Crippen LogP contribution in [0.1, 0.15) is 39.0 Å². The van der Waals surface area contributed by atoms with E-state index in [9.17, 15) is 4.79 Å². The van der Waals surface area contributed by atoms with Crippen molar-refractivity contribution in [1.82, 2.24) is 10.3 Å². The maximum atomic E-state index is 12.1. The first-order chi connectivity index (χ1) is 14.1. The van der Waals surface area contributed by atoms with E-state index in [1.54, 1.807) is 11.3 Å². The molecule has 4 nitrogen and oxygen atoms in total. The van der Waals surface area contributed by atoms with Gasteiger partial charge in [-0.05, 0) is 48.6 Å². The summed E-state index contributed by atoms with van der Waals surface area (Å²) in [7, 11) is 0. The summed E-state index contributed by atoms with van der Waals surface area (Å²) in [6.07, 6.45) is 4.40. The molecule has 5 heteroatoms. The number of ether oxygens (including phenoxy) is 1. The molecule has 2 aromatic carbocycles. The first kappa shape index (κ1) is 19.4. The molecule has 148 valence electrons. The van der Waals surface area contributed by atoms with Gasteiger partial charge in [-0.3, -0.25) is 0 Å². The number of alkyl carbamates (subject to hydrolysis) is 1. The Morgan fingerprint density at radius 2 is 1.76 bits per heavy atom. The molecule has 1 N–H and O–H groups in total. The smallest absolute Gasteiger partial charge is 0.407 e. The maximum Gasteiger partial charge on any atom is 0.407 e. The second kappa shape index (κ2) is 8.62. The zero-order valence-electron chi connectivity index (χ0n) is 16.6. The van der Waals surface area contributed by atoms with Gasteiger partial charge in [0.05, 0.1) is 5.69 Å². The minimum atomic E-state index is -0.374. The fourth-order valence-electron chi connectivity index (χ4n) is 3.66. The van der Waals surface area contributed by atoms with Crippen LogP contribution in [0, 0.1) is 13.8 Å². The van der Waals surface area contributed by atoms with Gasteiger partial charge in [-0.15, -0.1) is 11.3 Å². The lowest BCUT2D eigenvalue weighted by Crippen LogP contribution is -2.26. The van der Waals surface area contributed by atoms with Gasteiger partial charge in [0.2, 0.25) is 0 Å². The summed E-state index contributed by atoms with van der Waals surface area (Å²) in [6.45, 7) is 4.97. The maximum absolute atomic E-state index is 12.1. The van der Waals surface area contributed by atoms with E-state index in [2.05, 4.69) is 41.5 Å². The number of aryl methyl sites for hydroxylation is 2. The zero-order chi connectivity index (χ0) is 20.2. The lowest BCUT2D eigenvalue weighted by Gasteiger charge is -2.14. The molecule has 0 atom stereocenters. The first-order valence-electron chi connectivity index (χ1n) is 9.83. The van der Waals surface area contributed by atoms with E-state index in [4.69, 9.17) is 4.74 Å². The van der Waals surface area contributed by atoms with Gasteiger partial charge >= 0.3 is 6.09 Å². The van der Waals surface area contributed by atoms with Crippen molar-refractivity contribution in [2.45, 2.75) is 26.2 Å². The normalized spacial score (nSPS) is 12.8. The van der Waals surface area contributed by atoms with Gasteiger partial charge in [0.15, 0.2) is 0 Å². The van der Waals surface area contributed by atoms with Gasteiger partial charge in [-0.1, -0.05) is 54.6 Å². The largest absolute Gasteiger partial charge is 0.449 e. The highest BCUT2D eigenvalue weighted by atomic mass is 32.1. The average Bonchev–Trinajstić information content (AvgIpc) is 3.23. The van der Waals surface area contributed by atoms with Crippen LogP contribution < -0.4 is 5.32 Å². The number of rotatable bonds is 6. The Balaban J connectivity index is 1.28. The average molecular weight is 405 g/mol. The van der Waals surface area contributed by atoms with Crippen molar-refractivity contribution >= 4 is 23.5 Å². The number of amides is 1. The van der Waals surface area contributed by atoms with Crippen LogP contribution in [0.15, 0.2) is 54.6 Å². The van der Waals surface area contributed by atoms with E-state index in [1.807, 2.05) is 43.3 Å². The lowest BCUT2D eigenvalue weighted by atomic mass is 9.98. The molecule has 0 radical (unpaired) electrons. The molecular formula is C24H24N2O2S. The van der Waals surface area contributed by atoms with E-state index in [1.165, 1.54) is 27.1 Å². The predicted octanol–water partition coefficient (Wildman–Crippen LogP) is 5.70. The molecule has 1 amide bonds. The Morgan fingerprint density at radius 1 is 1.10 bits per heavy atom. The number of carbonyl (C=O) groups is 1. The zero-order valence-corrected chi connectivity index (χ0v) is 17.5. The minimum absolute atomic E-state index is 0.0874. The highest BCUT2D eigenvalue weighted by molar-refractivity contribution is 7.12. The fourth-order valence-corrected chi connectivity index (χ4v) is 4.51. The Hall–Kier alpha value is -2.92. The third-order valence-electron chi connectivity index (χ3n) is 5.23. The third kappa shape index (κ3) is 4.25. The van der Waals surface area contributed by atoms with Gasteiger partial charge in [0.25, 0.3) is 0 Å². The van der Waals surface area contributed by atoms with Crippen molar-refractivity contribution in [3.05, 3.63) is 81.3 Å². The molecule has 0 bridgehead atoms. The van der Waals surface area contributed by atoms with E-state index in [0.29, 0.717) is 13.2 Å². The number of nitrogens with one attached hydrogen (secondary N) is 1. The molecule has 0 fully saturated rings. The number of benzene rings is 2. The topological polar surface area (TPSA) is 51.2 Å². The molecule has 4 rings (SSSR count). The van der Waals surface area contributed by atoms with Crippen molar-refractivity contribution in [1.29, 1.82) is 0 Å². The number of fused-ring (bicyclic) bond motifs is 3. The van der Waals surface area contributed by atoms with Crippen LogP contribution >= 0.6 is 11.3 Å². The summed E-state index contributed by atoms with van der Waals surface area (Å²) < 4.78 is 5.54. The van der Waals surface area contributed by atoms with E-state index >= 15 is 0 Å². The van der Waals surface area contributed by atoms with Crippen molar-refractivity contribution in [3.8, 4) is 11.1 Å². The summed E-state index contributed by atoms with van der Waals surface area (Å²) in [5, 5.41) is 3.83. The summed E-state index contributed by atoms with van der Waals surface area (Å²) in [4.78, 5) is 17.8. The molecule has 0 spiro atoms. The highest BCUT2D eigenvalue weighted by Gasteiger charge is 2.28. The number of hydrogen-bond acceptors (Lipinski definition) is 4. The van der Waals surface area contributed by atoms with Crippen LogP contribution in [0.25, 0.3) is 17.2 Å². The van der Waals surface area contributed by atoms with Crippen molar-refractivity contribution in [2.75, 3.05) is 13.2 Å². The molecule has 0 aliphatic heterocycles.